The van der Waals surface area contributed by atoms with Crippen molar-refractivity contribution in [2.75, 3.05) is 19.4 Å². The predicted molar refractivity (Wildman–Crippen MR) is 86.9 cm³/mol. The third-order valence-electron chi connectivity index (χ3n) is 4.50. The molecular weight excluding hydrogens is 286 g/mol. The average Bonchev–Trinajstić information content (AvgIpc) is 2.45. The number of hydrogen-bond acceptors (Lipinski definition) is 3. The number of amides is 1. The van der Waals surface area contributed by atoms with Crippen LogP contribution in [0, 0.1) is 5.41 Å². The van der Waals surface area contributed by atoms with Gasteiger partial charge in [-0.1, -0.05) is 25.4 Å². The van der Waals surface area contributed by atoms with Crippen molar-refractivity contribution in [3.63, 3.8) is 0 Å². The molecule has 1 heterocycles. The fourth-order valence-corrected chi connectivity index (χ4v) is 3.14. The van der Waals surface area contributed by atoms with Crippen molar-refractivity contribution in [1.29, 1.82) is 0 Å². The van der Waals surface area contributed by atoms with Crippen molar-refractivity contribution >= 4 is 23.3 Å². The van der Waals surface area contributed by atoms with E-state index in [2.05, 4.69) is 24.1 Å². The van der Waals surface area contributed by atoms with Crippen molar-refractivity contribution in [2.45, 2.75) is 45.6 Å². The van der Waals surface area contributed by atoms with E-state index in [0.717, 1.165) is 25.7 Å². The third-order valence-corrected chi connectivity index (χ3v) is 4.79. The summed E-state index contributed by atoms with van der Waals surface area (Å²) in [6.07, 6.45) is 6.03. The molecule has 116 valence electrons. The summed E-state index contributed by atoms with van der Waals surface area (Å²) >= 11 is 6.11. The van der Waals surface area contributed by atoms with Gasteiger partial charge in [0.1, 0.15) is 5.82 Å². The van der Waals surface area contributed by atoms with Gasteiger partial charge in [0, 0.05) is 26.3 Å². The first-order valence-electron chi connectivity index (χ1n) is 7.44. The van der Waals surface area contributed by atoms with Gasteiger partial charge in [0.05, 0.1) is 10.6 Å². The summed E-state index contributed by atoms with van der Waals surface area (Å²) in [5, 5.41) is 3.37. The molecule has 0 saturated heterocycles. The Bertz CT molecular complexity index is 520. The van der Waals surface area contributed by atoms with Gasteiger partial charge < -0.3 is 10.2 Å². The zero-order valence-corrected chi connectivity index (χ0v) is 14.0. The molecule has 5 heteroatoms. The second kappa shape index (κ2) is 6.22. The average molecular weight is 310 g/mol. The SMILES string of the molecule is CNc1ncc(C(=O)N(C)C2CCC(C)(C)CC2)cc1Cl. The van der Waals surface area contributed by atoms with Gasteiger partial charge in [0.2, 0.25) is 0 Å². The van der Waals surface area contributed by atoms with Gasteiger partial charge in [-0.3, -0.25) is 4.79 Å². The molecule has 0 atom stereocenters. The Balaban J connectivity index is 2.07. The molecule has 1 aliphatic carbocycles. The number of pyridine rings is 1. The van der Waals surface area contributed by atoms with Gasteiger partial charge >= 0.3 is 0 Å². The third kappa shape index (κ3) is 3.67. The molecule has 1 amide bonds. The summed E-state index contributed by atoms with van der Waals surface area (Å²) in [5.41, 5.74) is 0.950. The molecule has 0 bridgehead atoms. The van der Waals surface area contributed by atoms with Crippen LogP contribution in [0.4, 0.5) is 5.82 Å². The molecule has 1 fully saturated rings. The minimum Gasteiger partial charge on any atom is -0.372 e. The van der Waals surface area contributed by atoms with E-state index in [0.29, 0.717) is 27.9 Å². The lowest BCUT2D eigenvalue weighted by atomic mass is 9.75. The van der Waals surface area contributed by atoms with Crippen molar-refractivity contribution in [1.82, 2.24) is 9.88 Å². The van der Waals surface area contributed by atoms with Gasteiger partial charge in [-0.15, -0.1) is 0 Å². The van der Waals surface area contributed by atoms with Crippen LogP contribution in [0.5, 0.6) is 0 Å². The summed E-state index contributed by atoms with van der Waals surface area (Å²) in [6.45, 7) is 4.59. The summed E-state index contributed by atoms with van der Waals surface area (Å²) in [7, 11) is 3.64. The molecule has 0 aromatic carbocycles. The second-order valence-electron chi connectivity index (χ2n) is 6.62. The van der Waals surface area contributed by atoms with Gasteiger partial charge in [-0.05, 0) is 37.2 Å². The maximum absolute atomic E-state index is 12.6. The predicted octanol–water partition coefficient (Wildman–Crippen LogP) is 3.82. The lowest BCUT2D eigenvalue weighted by molar-refractivity contribution is 0.0635. The first kappa shape index (κ1) is 16.1. The normalized spacial score (nSPS) is 18.3. The number of rotatable bonds is 3. The molecule has 1 aromatic rings. The van der Waals surface area contributed by atoms with E-state index in [4.69, 9.17) is 11.6 Å². The smallest absolute Gasteiger partial charge is 0.255 e. The lowest BCUT2D eigenvalue weighted by Gasteiger charge is -2.38. The van der Waals surface area contributed by atoms with Crippen molar-refractivity contribution in [3.05, 3.63) is 22.8 Å². The number of carbonyl (C=O) groups is 1. The van der Waals surface area contributed by atoms with Crippen molar-refractivity contribution in [2.24, 2.45) is 5.41 Å². The Morgan fingerprint density at radius 1 is 1.43 bits per heavy atom. The van der Waals surface area contributed by atoms with E-state index in [-0.39, 0.29) is 5.91 Å². The molecule has 1 saturated carbocycles. The van der Waals surface area contributed by atoms with E-state index in [1.54, 1.807) is 19.3 Å². The zero-order chi connectivity index (χ0) is 15.6. The van der Waals surface area contributed by atoms with E-state index < -0.39 is 0 Å². The Kier molecular flexibility index (Phi) is 4.77. The van der Waals surface area contributed by atoms with E-state index in [9.17, 15) is 4.79 Å². The summed E-state index contributed by atoms with van der Waals surface area (Å²) in [5.74, 6) is 0.590. The highest BCUT2D eigenvalue weighted by molar-refractivity contribution is 6.33. The highest BCUT2D eigenvalue weighted by Crippen LogP contribution is 2.37. The summed E-state index contributed by atoms with van der Waals surface area (Å²) in [6, 6.07) is 2.00. The number of hydrogen-bond donors (Lipinski definition) is 1. The molecule has 1 N–H and O–H groups in total. The molecule has 0 radical (unpaired) electrons. The first-order chi connectivity index (χ1) is 9.84. The molecule has 4 nitrogen and oxygen atoms in total. The monoisotopic (exact) mass is 309 g/mol. The number of aromatic nitrogens is 1. The summed E-state index contributed by atoms with van der Waals surface area (Å²) < 4.78 is 0. The molecule has 1 aromatic heterocycles. The Morgan fingerprint density at radius 3 is 2.57 bits per heavy atom. The van der Waals surface area contributed by atoms with Crippen molar-refractivity contribution in [3.8, 4) is 0 Å². The largest absolute Gasteiger partial charge is 0.372 e. The van der Waals surface area contributed by atoms with Crippen molar-refractivity contribution < 1.29 is 4.79 Å². The topological polar surface area (TPSA) is 45.2 Å². The van der Waals surface area contributed by atoms with Crippen LogP contribution in [-0.4, -0.2) is 35.9 Å². The maximum atomic E-state index is 12.6. The van der Waals surface area contributed by atoms with Crippen LogP contribution >= 0.6 is 11.6 Å². The van der Waals surface area contributed by atoms with Crippen LogP contribution in [-0.2, 0) is 0 Å². The fourth-order valence-electron chi connectivity index (χ4n) is 2.88. The summed E-state index contributed by atoms with van der Waals surface area (Å²) in [4.78, 5) is 18.6. The number of nitrogens with zero attached hydrogens (tertiary/aromatic N) is 2. The molecule has 0 spiro atoms. The van der Waals surface area contributed by atoms with Gasteiger partial charge in [-0.2, -0.15) is 0 Å². The van der Waals surface area contributed by atoms with E-state index in [1.165, 1.54) is 0 Å². The molecular formula is C16H24ClN3O. The number of carbonyl (C=O) groups excluding carboxylic acids is 1. The Hall–Kier alpha value is -1.29. The number of anilines is 1. The zero-order valence-electron chi connectivity index (χ0n) is 13.2. The van der Waals surface area contributed by atoms with Gasteiger partial charge in [-0.25, -0.2) is 4.98 Å². The van der Waals surface area contributed by atoms with E-state index >= 15 is 0 Å². The van der Waals surface area contributed by atoms with Gasteiger partial charge in [0.25, 0.3) is 5.91 Å². The second-order valence-corrected chi connectivity index (χ2v) is 7.02. The number of halogens is 1. The van der Waals surface area contributed by atoms with Crippen LogP contribution < -0.4 is 5.32 Å². The lowest BCUT2D eigenvalue weighted by Crippen LogP contribution is -2.40. The number of nitrogens with one attached hydrogen (secondary N) is 1. The molecule has 1 aliphatic rings. The standard InChI is InChI=1S/C16H24ClN3O/c1-16(2)7-5-12(6-8-16)20(4)15(21)11-9-13(17)14(18-3)19-10-11/h9-10,12H,5-8H2,1-4H3,(H,18,19). The first-order valence-corrected chi connectivity index (χ1v) is 7.82. The Morgan fingerprint density at radius 2 is 2.05 bits per heavy atom. The molecule has 0 unspecified atom stereocenters. The highest BCUT2D eigenvalue weighted by atomic mass is 35.5. The van der Waals surface area contributed by atoms with Crippen LogP contribution in [0.15, 0.2) is 12.3 Å². The Labute approximate surface area is 131 Å². The highest BCUT2D eigenvalue weighted by Gasteiger charge is 2.31. The fraction of sp³-hybridized carbons (Fsp3) is 0.625. The van der Waals surface area contributed by atoms with Gasteiger partial charge in [0.15, 0.2) is 0 Å². The minimum absolute atomic E-state index is 0.00300. The quantitative estimate of drug-likeness (QED) is 0.923. The van der Waals surface area contributed by atoms with Crippen LogP contribution in [0.2, 0.25) is 5.02 Å². The van der Waals surface area contributed by atoms with Crippen LogP contribution in [0.3, 0.4) is 0 Å². The van der Waals surface area contributed by atoms with E-state index in [1.807, 2.05) is 11.9 Å². The molecule has 2 rings (SSSR count). The molecule has 0 aliphatic heterocycles. The maximum Gasteiger partial charge on any atom is 0.255 e. The minimum atomic E-state index is -0.00300. The van der Waals surface area contributed by atoms with Crippen LogP contribution in [0.1, 0.15) is 49.9 Å². The van der Waals surface area contributed by atoms with Crippen LogP contribution in [0.25, 0.3) is 0 Å². The molecule has 21 heavy (non-hydrogen) atoms.